The van der Waals surface area contributed by atoms with E-state index in [0.717, 1.165) is 27.7 Å². The number of rotatable bonds is 6. The Kier molecular flexibility index (Phi) is 5.72. The molecule has 2 aromatic carbocycles. The molecule has 1 amide bonds. The number of para-hydroxylation sites is 1. The largest absolute Gasteiger partial charge is 0.378 e. The standard InChI is InChI=1S/C24H23ClN4O/c1-29(2)18-9-7-16(8-10-18)20(21-15-27-22-6-4-3-5-19(21)22)14-28-24(30)23-13-17(25)11-12-26-23/h3-13,15,20,27H,14H2,1-2H3,(H,28,30). The van der Waals surface area contributed by atoms with E-state index in [9.17, 15) is 4.79 Å². The lowest BCUT2D eigenvalue weighted by atomic mass is 9.90. The molecule has 152 valence electrons. The molecular weight excluding hydrogens is 396 g/mol. The molecule has 0 aliphatic rings. The van der Waals surface area contributed by atoms with E-state index in [-0.39, 0.29) is 11.8 Å². The van der Waals surface area contributed by atoms with E-state index in [2.05, 4.69) is 56.6 Å². The van der Waals surface area contributed by atoms with Gasteiger partial charge in [0.05, 0.1) is 0 Å². The summed E-state index contributed by atoms with van der Waals surface area (Å²) in [6.07, 6.45) is 3.56. The minimum absolute atomic E-state index is 0.0134. The Balaban J connectivity index is 1.66. The van der Waals surface area contributed by atoms with Gasteiger partial charge in [0.15, 0.2) is 0 Å². The van der Waals surface area contributed by atoms with Gasteiger partial charge in [0.1, 0.15) is 5.69 Å². The highest BCUT2D eigenvalue weighted by atomic mass is 35.5. The SMILES string of the molecule is CN(C)c1ccc(C(CNC(=O)c2cc(Cl)ccn2)c2c[nH]c3ccccc23)cc1. The van der Waals surface area contributed by atoms with E-state index in [1.807, 2.05) is 32.4 Å². The number of benzene rings is 2. The summed E-state index contributed by atoms with van der Waals surface area (Å²) >= 11 is 6.01. The Morgan fingerprint density at radius 1 is 1.13 bits per heavy atom. The van der Waals surface area contributed by atoms with Gasteiger partial charge in [-0.15, -0.1) is 0 Å². The zero-order valence-corrected chi connectivity index (χ0v) is 17.6. The van der Waals surface area contributed by atoms with E-state index in [1.54, 1.807) is 12.1 Å². The van der Waals surface area contributed by atoms with Crippen molar-refractivity contribution in [2.24, 2.45) is 0 Å². The molecule has 30 heavy (non-hydrogen) atoms. The van der Waals surface area contributed by atoms with Gasteiger partial charge < -0.3 is 15.2 Å². The topological polar surface area (TPSA) is 61.0 Å². The van der Waals surface area contributed by atoms with Crippen molar-refractivity contribution >= 4 is 34.1 Å². The van der Waals surface area contributed by atoms with Crippen LogP contribution in [0.15, 0.2) is 73.1 Å². The fourth-order valence-corrected chi connectivity index (χ4v) is 3.77. The van der Waals surface area contributed by atoms with Gasteiger partial charge in [-0.3, -0.25) is 9.78 Å². The fourth-order valence-electron chi connectivity index (χ4n) is 3.61. The zero-order valence-electron chi connectivity index (χ0n) is 16.9. The summed E-state index contributed by atoms with van der Waals surface area (Å²) in [7, 11) is 4.04. The molecule has 4 rings (SSSR count). The number of amides is 1. The smallest absolute Gasteiger partial charge is 0.269 e. The maximum atomic E-state index is 12.7. The first-order valence-corrected chi connectivity index (χ1v) is 10.1. The third kappa shape index (κ3) is 4.16. The molecule has 0 aliphatic carbocycles. The number of pyridine rings is 1. The van der Waals surface area contributed by atoms with Crippen LogP contribution in [0.5, 0.6) is 0 Å². The van der Waals surface area contributed by atoms with Crippen LogP contribution in [0, 0.1) is 0 Å². The summed E-state index contributed by atoms with van der Waals surface area (Å²) in [5.74, 6) is -0.257. The Hall–Kier alpha value is -3.31. The van der Waals surface area contributed by atoms with Crippen LogP contribution in [-0.2, 0) is 0 Å². The van der Waals surface area contributed by atoms with Crippen LogP contribution in [-0.4, -0.2) is 36.5 Å². The number of halogens is 1. The van der Waals surface area contributed by atoms with Gasteiger partial charge in [0.2, 0.25) is 0 Å². The maximum absolute atomic E-state index is 12.7. The molecule has 0 aliphatic heterocycles. The van der Waals surface area contributed by atoms with Crippen LogP contribution >= 0.6 is 11.6 Å². The molecule has 0 radical (unpaired) electrons. The third-order valence-electron chi connectivity index (χ3n) is 5.23. The van der Waals surface area contributed by atoms with Crippen molar-refractivity contribution in [1.29, 1.82) is 0 Å². The van der Waals surface area contributed by atoms with Crippen molar-refractivity contribution in [3.05, 3.63) is 94.9 Å². The molecule has 0 bridgehead atoms. The fraction of sp³-hybridized carbons (Fsp3) is 0.167. The lowest BCUT2D eigenvalue weighted by Crippen LogP contribution is -2.29. The Morgan fingerprint density at radius 2 is 1.90 bits per heavy atom. The van der Waals surface area contributed by atoms with Crippen LogP contribution in [0.4, 0.5) is 5.69 Å². The molecule has 2 N–H and O–H groups in total. The molecule has 1 unspecified atom stereocenters. The van der Waals surface area contributed by atoms with Crippen LogP contribution in [0.25, 0.3) is 10.9 Å². The average molecular weight is 419 g/mol. The quantitative estimate of drug-likeness (QED) is 0.470. The maximum Gasteiger partial charge on any atom is 0.269 e. The number of hydrogen-bond donors (Lipinski definition) is 2. The second-order valence-corrected chi connectivity index (χ2v) is 7.83. The number of carbonyl (C=O) groups is 1. The van der Waals surface area contributed by atoms with Crippen LogP contribution in [0.3, 0.4) is 0 Å². The van der Waals surface area contributed by atoms with Crippen molar-refractivity contribution in [2.75, 3.05) is 25.5 Å². The van der Waals surface area contributed by atoms with Gasteiger partial charge in [-0.2, -0.15) is 0 Å². The van der Waals surface area contributed by atoms with Crippen LogP contribution in [0.1, 0.15) is 27.5 Å². The number of aromatic nitrogens is 2. The van der Waals surface area contributed by atoms with Crippen molar-refractivity contribution in [2.45, 2.75) is 5.92 Å². The minimum atomic E-state index is -0.243. The van der Waals surface area contributed by atoms with Gasteiger partial charge in [0.25, 0.3) is 5.91 Å². The second-order valence-electron chi connectivity index (χ2n) is 7.40. The molecule has 1 atom stereocenters. The highest BCUT2D eigenvalue weighted by Gasteiger charge is 2.20. The highest BCUT2D eigenvalue weighted by Crippen LogP contribution is 2.31. The third-order valence-corrected chi connectivity index (χ3v) is 5.46. The monoisotopic (exact) mass is 418 g/mol. The van der Waals surface area contributed by atoms with Gasteiger partial charge >= 0.3 is 0 Å². The summed E-state index contributed by atoms with van der Waals surface area (Å²) in [6, 6.07) is 19.8. The number of fused-ring (bicyclic) bond motifs is 1. The molecule has 0 spiro atoms. The van der Waals surface area contributed by atoms with Crippen molar-refractivity contribution in [3.8, 4) is 0 Å². The predicted octanol–water partition coefficient (Wildman–Crippen LogP) is 4.84. The summed E-state index contributed by atoms with van der Waals surface area (Å²) in [6.45, 7) is 0.441. The van der Waals surface area contributed by atoms with Gasteiger partial charge in [-0.25, -0.2) is 0 Å². The van der Waals surface area contributed by atoms with Crippen molar-refractivity contribution in [1.82, 2.24) is 15.3 Å². The summed E-state index contributed by atoms with van der Waals surface area (Å²) in [5, 5.41) is 4.67. The number of nitrogens with zero attached hydrogens (tertiary/aromatic N) is 2. The Bertz CT molecular complexity index is 1170. The number of hydrogen-bond acceptors (Lipinski definition) is 3. The molecular formula is C24H23ClN4O. The molecule has 0 fully saturated rings. The first kappa shape index (κ1) is 20.0. The molecule has 6 heteroatoms. The summed E-state index contributed by atoms with van der Waals surface area (Å²) < 4.78 is 0. The normalized spacial score (nSPS) is 12.0. The number of carbonyl (C=O) groups excluding carboxylic acids is 1. The Morgan fingerprint density at radius 3 is 2.63 bits per heavy atom. The van der Waals surface area contributed by atoms with Crippen LogP contribution < -0.4 is 10.2 Å². The molecule has 2 heterocycles. The predicted molar refractivity (Wildman–Crippen MR) is 122 cm³/mol. The molecule has 5 nitrogen and oxygen atoms in total. The van der Waals surface area contributed by atoms with Crippen molar-refractivity contribution in [3.63, 3.8) is 0 Å². The minimum Gasteiger partial charge on any atom is -0.378 e. The van der Waals surface area contributed by atoms with E-state index >= 15 is 0 Å². The lowest BCUT2D eigenvalue weighted by molar-refractivity contribution is 0.0947. The number of nitrogens with one attached hydrogen (secondary N) is 2. The molecule has 0 saturated carbocycles. The van der Waals surface area contributed by atoms with Gasteiger partial charge in [-0.1, -0.05) is 41.9 Å². The summed E-state index contributed by atoms with van der Waals surface area (Å²) in [5.41, 5.74) is 4.78. The van der Waals surface area contributed by atoms with Crippen molar-refractivity contribution < 1.29 is 4.79 Å². The highest BCUT2D eigenvalue weighted by molar-refractivity contribution is 6.30. The first-order valence-electron chi connectivity index (χ1n) is 9.76. The molecule has 2 aromatic heterocycles. The molecule has 0 saturated heterocycles. The van der Waals surface area contributed by atoms with E-state index in [4.69, 9.17) is 11.6 Å². The van der Waals surface area contributed by atoms with Gasteiger partial charge in [0, 0.05) is 60.6 Å². The summed E-state index contributed by atoms with van der Waals surface area (Å²) in [4.78, 5) is 22.2. The lowest BCUT2D eigenvalue weighted by Gasteiger charge is -2.20. The van der Waals surface area contributed by atoms with Crippen LogP contribution in [0.2, 0.25) is 5.02 Å². The second kappa shape index (κ2) is 8.59. The average Bonchev–Trinajstić information content (AvgIpc) is 3.18. The number of H-pyrrole nitrogens is 1. The number of aromatic amines is 1. The van der Waals surface area contributed by atoms with E-state index < -0.39 is 0 Å². The van der Waals surface area contributed by atoms with Gasteiger partial charge in [-0.05, 0) is 41.5 Å². The first-order chi connectivity index (χ1) is 14.5. The Labute approximate surface area is 180 Å². The molecule has 4 aromatic rings. The van der Waals surface area contributed by atoms with E-state index in [0.29, 0.717) is 17.3 Å². The number of anilines is 1. The van der Waals surface area contributed by atoms with E-state index in [1.165, 1.54) is 6.20 Å². The zero-order chi connectivity index (χ0) is 21.1.